The predicted molar refractivity (Wildman–Crippen MR) is 44.3 cm³/mol. The molecule has 0 aliphatic carbocycles. The van der Waals surface area contributed by atoms with Gasteiger partial charge in [0.15, 0.2) is 0 Å². The molecule has 2 heterocycles. The highest BCUT2D eigenvalue weighted by molar-refractivity contribution is 7.15. The van der Waals surface area contributed by atoms with E-state index in [1.165, 1.54) is 11.3 Å². The van der Waals surface area contributed by atoms with Crippen molar-refractivity contribution in [3.63, 3.8) is 0 Å². The maximum absolute atomic E-state index is 10.6. The van der Waals surface area contributed by atoms with Gasteiger partial charge in [-0.25, -0.2) is 9.78 Å². The lowest BCUT2D eigenvalue weighted by Gasteiger charge is -1.99. The molecule has 1 aliphatic rings. The van der Waals surface area contributed by atoms with Crippen molar-refractivity contribution in [2.75, 3.05) is 6.61 Å². The molecule has 0 aromatic carbocycles. The van der Waals surface area contributed by atoms with Crippen LogP contribution >= 0.6 is 22.9 Å². The third-order valence-electron chi connectivity index (χ3n) is 1.47. The van der Waals surface area contributed by atoms with Crippen LogP contribution in [0.3, 0.4) is 0 Å². The molecule has 1 amide bonds. The molecule has 0 saturated carbocycles. The van der Waals surface area contributed by atoms with E-state index in [2.05, 4.69) is 10.3 Å². The van der Waals surface area contributed by atoms with Crippen LogP contribution in [0.2, 0.25) is 4.34 Å². The number of cyclic esters (lactones) is 1. The average Bonchev–Trinajstić information content (AvgIpc) is 2.58. The first-order chi connectivity index (χ1) is 5.75. The number of hydrogen-bond acceptors (Lipinski definition) is 4. The van der Waals surface area contributed by atoms with Gasteiger partial charge < -0.3 is 10.1 Å². The lowest BCUT2D eigenvalue weighted by Crippen LogP contribution is -2.17. The Morgan fingerprint density at radius 3 is 3.17 bits per heavy atom. The summed E-state index contributed by atoms with van der Waals surface area (Å²) < 4.78 is 5.32. The van der Waals surface area contributed by atoms with Crippen molar-refractivity contribution in [1.29, 1.82) is 0 Å². The Bertz CT molecular complexity index is 314. The average molecular weight is 205 g/mol. The highest BCUT2D eigenvalue weighted by Gasteiger charge is 2.25. The molecule has 1 fully saturated rings. The van der Waals surface area contributed by atoms with Crippen LogP contribution in [0.25, 0.3) is 0 Å². The molecule has 1 atom stereocenters. The summed E-state index contributed by atoms with van der Waals surface area (Å²) in [5, 5.41) is 3.39. The Hall–Kier alpha value is -0.810. The van der Waals surface area contributed by atoms with Gasteiger partial charge in [0, 0.05) is 0 Å². The minimum atomic E-state index is -0.397. The third-order valence-corrected chi connectivity index (χ3v) is 2.70. The van der Waals surface area contributed by atoms with E-state index in [1.54, 1.807) is 6.20 Å². The van der Waals surface area contributed by atoms with E-state index in [1.807, 2.05) is 0 Å². The number of nitrogens with one attached hydrogen (secondary N) is 1. The van der Waals surface area contributed by atoms with Gasteiger partial charge in [0.1, 0.15) is 22.0 Å². The number of halogens is 1. The molecule has 1 aromatic rings. The molecule has 0 spiro atoms. The summed E-state index contributed by atoms with van der Waals surface area (Å²) in [4.78, 5) is 14.7. The first-order valence-corrected chi connectivity index (χ1v) is 4.49. The van der Waals surface area contributed by atoms with Crippen molar-refractivity contribution >= 4 is 29.0 Å². The standard InChI is InChI=1S/C6H5ClN2O2S/c7-4-1-8-5(12-4)3-2-11-6(10)9-3/h1,3H,2H2,(H,9,10). The van der Waals surface area contributed by atoms with Crippen LogP contribution < -0.4 is 5.32 Å². The van der Waals surface area contributed by atoms with Crippen molar-refractivity contribution in [3.8, 4) is 0 Å². The largest absolute Gasteiger partial charge is 0.447 e. The number of aromatic nitrogens is 1. The fourth-order valence-corrected chi connectivity index (χ4v) is 1.91. The van der Waals surface area contributed by atoms with E-state index >= 15 is 0 Å². The van der Waals surface area contributed by atoms with Crippen LogP contribution in [0.1, 0.15) is 11.0 Å². The molecule has 4 nitrogen and oxygen atoms in total. The van der Waals surface area contributed by atoms with Crippen molar-refractivity contribution < 1.29 is 9.53 Å². The summed E-state index contributed by atoms with van der Waals surface area (Å²) >= 11 is 7.02. The Balaban J connectivity index is 2.15. The van der Waals surface area contributed by atoms with Crippen molar-refractivity contribution in [2.24, 2.45) is 0 Å². The Morgan fingerprint density at radius 2 is 2.67 bits per heavy atom. The Kier molecular flexibility index (Phi) is 1.90. The molecular weight excluding hydrogens is 200 g/mol. The van der Waals surface area contributed by atoms with E-state index in [-0.39, 0.29) is 6.04 Å². The van der Waals surface area contributed by atoms with Crippen LogP contribution in [-0.4, -0.2) is 17.7 Å². The zero-order chi connectivity index (χ0) is 8.55. The molecule has 1 unspecified atom stereocenters. The number of ether oxygens (including phenoxy) is 1. The number of nitrogens with zero attached hydrogens (tertiary/aromatic N) is 1. The summed E-state index contributed by atoms with van der Waals surface area (Å²) in [5.41, 5.74) is 0. The van der Waals surface area contributed by atoms with Crippen LogP contribution in [0.4, 0.5) is 4.79 Å². The molecule has 12 heavy (non-hydrogen) atoms. The van der Waals surface area contributed by atoms with Gasteiger partial charge in [-0.2, -0.15) is 0 Å². The zero-order valence-electron chi connectivity index (χ0n) is 5.91. The minimum Gasteiger partial charge on any atom is -0.447 e. The number of carbonyl (C=O) groups is 1. The Labute approximate surface area is 77.5 Å². The summed E-state index contributed by atoms with van der Waals surface area (Å²) in [5.74, 6) is 0. The van der Waals surface area contributed by atoms with Gasteiger partial charge in [0.2, 0.25) is 0 Å². The van der Waals surface area contributed by atoms with Crippen LogP contribution in [0.5, 0.6) is 0 Å². The van der Waals surface area contributed by atoms with Gasteiger partial charge in [0.05, 0.1) is 6.20 Å². The molecule has 1 N–H and O–H groups in total. The maximum Gasteiger partial charge on any atom is 0.407 e. The lowest BCUT2D eigenvalue weighted by molar-refractivity contribution is 0.177. The smallest absolute Gasteiger partial charge is 0.407 e. The third kappa shape index (κ3) is 1.37. The van der Waals surface area contributed by atoms with Crippen molar-refractivity contribution in [1.82, 2.24) is 10.3 Å². The maximum atomic E-state index is 10.6. The quantitative estimate of drug-likeness (QED) is 0.756. The number of alkyl carbamates (subject to hydrolysis) is 1. The molecule has 0 bridgehead atoms. The van der Waals surface area contributed by atoms with Crippen molar-refractivity contribution in [2.45, 2.75) is 6.04 Å². The lowest BCUT2D eigenvalue weighted by atomic mass is 10.3. The molecule has 1 aliphatic heterocycles. The number of rotatable bonds is 1. The second-order valence-corrected chi connectivity index (χ2v) is 3.99. The van der Waals surface area contributed by atoms with Crippen LogP contribution in [-0.2, 0) is 4.74 Å². The predicted octanol–water partition coefficient (Wildman–Crippen LogP) is 1.58. The highest BCUT2D eigenvalue weighted by atomic mass is 35.5. The molecule has 64 valence electrons. The van der Waals surface area contributed by atoms with E-state index in [0.717, 1.165) is 5.01 Å². The number of carbonyl (C=O) groups excluding carboxylic acids is 1. The van der Waals surface area contributed by atoms with Gasteiger partial charge in [-0.15, -0.1) is 11.3 Å². The summed E-state index contributed by atoms with van der Waals surface area (Å²) in [7, 11) is 0. The molecule has 6 heteroatoms. The number of amides is 1. The van der Waals surface area contributed by atoms with Gasteiger partial charge in [-0.1, -0.05) is 11.6 Å². The molecule has 0 radical (unpaired) electrons. The second kappa shape index (κ2) is 2.91. The van der Waals surface area contributed by atoms with Crippen LogP contribution in [0, 0.1) is 0 Å². The monoisotopic (exact) mass is 204 g/mol. The fourth-order valence-electron chi connectivity index (χ4n) is 0.946. The van der Waals surface area contributed by atoms with E-state index < -0.39 is 6.09 Å². The van der Waals surface area contributed by atoms with E-state index in [0.29, 0.717) is 10.9 Å². The number of thiazole rings is 1. The van der Waals surface area contributed by atoms with Gasteiger partial charge >= 0.3 is 6.09 Å². The highest BCUT2D eigenvalue weighted by Crippen LogP contribution is 2.25. The molecule has 1 saturated heterocycles. The topological polar surface area (TPSA) is 51.2 Å². The van der Waals surface area contributed by atoms with Crippen molar-refractivity contribution in [3.05, 3.63) is 15.5 Å². The minimum absolute atomic E-state index is 0.130. The summed E-state index contributed by atoms with van der Waals surface area (Å²) in [6, 6.07) is -0.130. The van der Waals surface area contributed by atoms with Gasteiger partial charge in [-0.3, -0.25) is 0 Å². The first kappa shape index (κ1) is 7.82. The van der Waals surface area contributed by atoms with Gasteiger partial charge in [-0.05, 0) is 0 Å². The number of hydrogen-bond donors (Lipinski definition) is 1. The first-order valence-electron chi connectivity index (χ1n) is 3.30. The molecule has 1 aromatic heterocycles. The molecular formula is C6H5ClN2O2S. The normalized spacial score (nSPS) is 22.1. The Morgan fingerprint density at radius 1 is 1.83 bits per heavy atom. The second-order valence-electron chi connectivity index (χ2n) is 2.30. The van der Waals surface area contributed by atoms with Gasteiger partial charge in [0.25, 0.3) is 0 Å². The van der Waals surface area contributed by atoms with E-state index in [9.17, 15) is 4.79 Å². The fraction of sp³-hybridized carbons (Fsp3) is 0.333. The molecule has 2 rings (SSSR count). The summed E-state index contributed by atoms with van der Waals surface area (Å²) in [6.45, 7) is 0.336. The SMILES string of the molecule is O=C1NC(c2ncc(Cl)s2)CO1. The zero-order valence-corrected chi connectivity index (χ0v) is 7.48. The summed E-state index contributed by atoms with van der Waals surface area (Å²) in [6.07, 6.45) is 1.16. The van der Waals surface area contributed by atoms with E-state index in [4.69, 9.17) is 16.3 Å². The van der Waals surface area contributed by atoms with Crippen LogP contribution in [0.15, 0.2) is 6.20 Å².